The van der Waals surface area contributed by atoms with Crippen LogP contribution in [0.4, 0.5) is 0 Å². The summed E-state index contributed by atoms with van der Waals surface area (Å²) in [6.45, 7) is 0. The predicted molar refractivity (Wildman–Crippen MR) is 86.2 cm³/mol. The van der Waals surface area contributed by atoms with E-state index in [1.807, 2.05) is 30.3 Å². The van der Waals surface area contributed by atoms with Gasteiger partial charge in [0.2, 0.25) is 0 Å². The van der Waals surface area contributed by atoms with Crippen LogP contribution < -0.4 is 5.43 Å². The number of nitrogens with one attached hydrogen (secondary N) is 1. The topological polar surface area (TPSA) is 41.5 Å². The third-order valence-electron chi connectivity index (χ3n) is 2.07. The molecule has 0 saturated heterocycles. The molecule has 0 spiro atoms. The molecule has 18 heavy (non-hydrogen) atoms. The molecular weight excluding hydrogens is 427 g/mol. The zero-order valence-corrected chi connectivity index (χ0v) is 13.6. The number of hydrogen-bond acceptors (Lipinski definition) is 3. The standard InChI is InChI=1S/C12H8BrIN2OS/c13-11-6-5-8(18-11)7-15-16-12(17)9-3-1-2-4-10(9)14/h1-7H,(H,16,17). The number of amides is 1. The summed E-state index contributed by atoms with van der Waals surface area (Å²) in [5.41, 5.74) is 3.14. The summed E-state index contributed by atoms with van der Waals surface area (Å²) in [7, 11) is 0. The van der Waals surface area contributed by atoms with E-state index in [9.17, 15) is 4.79 Å². The molecule has 0 bridgehead atoms. The Hall–Kier alpha value is -0.730. The summed E-state index contributed by atoms with van der Waals surface area (Å²) in [5, 5.41) is 3.93. The minimum atomic E-state index is -0.202. The molecule has 1 heterocycles. The number of rotatable bonds is 3. The molecule has 0 aliphatic heterocycles. The van der Waals surface area contributed by atoms with Gasteiger partial charge in [-0.25, -0.2) is 5.43 Å². The Balaban J connectivity index is 2.01. The molecule has 0 radical (unpaired) electrons. The van der Waals surface area contributed by atoms with E-state index in [0.29, 0.717) is 5.56 Å². The summed E-state index contributed by atoms with van der Waals surface area (Å²) in [4.78, 5) is 12.8. The molecule has 1 aromatic carbocycles. The highest BCUT2D eigenvalue weighted by Crippen LogP contribution is 2.20. The van der Waals surface area contributed by atoms with Crippen LogP contribution in [0.2, 0.25) is 0 Å². The lowest BCUT2D eigenvalue weighted by Crippen LogP contribution is -2.18. The number of hydrazone groups is 1. The van der Waals surface area contributed by atoms with Crippen LogP contribution in [0.15, 0.2) is 45.3 Å². The second-order valence-electron chi connectivity index (χ2n) is 3.32. The first-order chi connectivity index (χ1) is 8.66. The highest BCUT2D eigenvalue weighted by Gasteiger charge is 2.07. The Labute approximate surface area is 131 Å². The van der Waals surface area contributed by atoms with Gasteiger partial charge in [-0.05, 0) is 62.8 Å². The third kappa shape index (κ3) is 3.63. The fraction of sp³-hybridized carbons (Fsp3) is 0. The lowest BCUT2D eigenvalue weighted by atomic mass is 10.2. The van der Waals surface area contributed by atoms with Crippen molar-refractivity contribution in [2.24, 2.45) is 5.10 Å². The van der Waals surface area contributed by atoms with Crippen LogP contribution in [0.1, 0.15) is 15.2 Å². The first-order valence-corrected chi connectivity index (χ1v) is 7.69. The van der Waals surface area contributed by atoms with Crippen molar-refractivity contribution < 1.29 is 4.79 Å². The van der Waals surface area contributed by atoms with Crippen molar-refractivity contribution in [3.8, 4) is 0 Å². The van der Waals surface area contributed by atoms with E-state index in [1.54, 1.807) is 23.6 Å². The number of carbonyl (C=O) groups is 1. The second-order valence-corrected chi connectivity index (χ2v) is 6.98. The van der Waals surface area contributed by atoms with E-state index in [4.69, 9.17) is 0 Å². The van der Waals surface area contributed by atoms with E-state index in [2.05, 4.69) is 49.0 Å². The Morgan fingerprint density at radius 2 is 2.11 bits per heavy atom. The van der Waals surface area contributed by atoms with Gasteiger partial charge in [-0.1, -0.05) is 12.1 Å². The minimum absolute atomic E-state index is 0.202. The van der Waals surface area contributed by atoms with E-state index in [1.165, 1.54) is 0 Å². The first-order valence-electron chi connectivity index (χ1n) is 5.00. The molecule has 2 aromatic rings. The van der Waals surface area contributed by atoms with Crippen molar-refractivity contribution in [1.82, 2.24) is 5.43 Å². The normalized spacial score (nSPS) is 10.8. The summed E-state index contributed by atoms with van der Waals surface area (Å²) in [5.74, 6) is -0.202. The van der Waals surface area contributed by atoms with E-state index in [-0.39, 0.29) is 5.91 Å². The molecule has 6 heteroatoms. The smallest absolute Gasteiger partial charge is 0.267 e. The van der Waals surface area contributed by atoms with Gasteiger partial charge in [0.05, 0.1) is 15.6 Å². The maximum atomic E-state index is 11.8. The zero-order valence-electron chi connectivity index (χ0n) is 9.06. The van der Waals surface area contributed by atoms with Crippen molar-refractivity contribution in [1.29, 1.82) is 0 Å². The molecule has 0 aliphatic rings. The number of thiophene rings is 1. The van der Waals surface area contributed by atoms with Gasteiger partial charge in [0, 0.05) is 8.45 Å². The lowest BCUT2D eigenvalue weighted by molar-refractivity contribution is 0.0954. The molecular formula is C12H8BrIN2OS. The molecule has 1 N–H and O–H groups in total. The maximum Gasteiger partial charge on any atom is 0.272 e. The van der Waals surface area contributed by atoms with E-state index >= 15 is 0 Å². The average Bonchev–Trinajstić information content (AvgIpc) is 2.75. The maximum absolute atomic E-state index is 11.8. The third-order valence-corrected chi connectivity index (χ3v) is 4.57. The highest BCUT2D eigenvalue weighted by atomic mass is 127. The van der Waals surface area contributed by atoms with E-state index in [0.717, 1.165) is 12.2 Å². The van der Waals surface area contributed by atoms with Crippen LogP contribution in [-0.4, -0.2) is 12.1 Å². The molecule has 1 aromatic heterocycles. The Bertz CT molecular complexity index is 597. The first kappa shape index (κ1) is 13.7. The number of hydrogen-bond donors (Lipinski definition) is 1. The Morgan fingerprint density at radius 3 is 2.78 bits per heavy atom. The molecule has 1 amide bonds. The van der Waals surface area contributed by atoms with Crippen molar-refractivity contribution in [3.63, 3.8) is 0 Å². The molecule has 0 fully saturated rings. The van der Waals surface area contributed by atoms with Gasteiger partial charge in [-0.2, -0.15) is 5.10 Å². The van der Waals surface area contributed by atoms with Gasteiger partial charge < -0.3 is 0 Å². The largest absolute Gasteiger partial charge is 0.272 e. The number of benzene rings is 1. The van der Waals surface area contributed by atoms with Crippen LogP contribution >= 0.6 is 49.9 Å². The van der Waals surface area contributed by atoms with Gasteiger partial charge in [0.15, 0.2) is 0 Å². The average molecular weight is 435 g/mol. The molecule has 0 unspecified atom stereocenters. The molecule has 0 saturated carbocycles. The summed E-state index contributed by atoms with van der Waals surface area (Å²) >= 11 is 7.05. The van der Waals surface area contributed by atoms with Crippen LogP contribution in [0.25, 0.3) is 0 Å². The fourth-order valence-electron chi connectivity index (χ4n) is 1.26. The van der Waals surface area contributed by atoms with Gasteiger partial charge in [0.1, 0.15) is 0 Å². The molecule has 2 rings (SSSR count). The van der Waals surface area contributed by atoms with Crippen LogP contribution in [0.3, 0.4) is 0 Å². The SMILES string of the molecule is O=C(NN=Cc1ccc(Br)s1)c1ccccc1I. The summed E-state index contributed by atoms with van der Waals surface area (Å²) in [6.07, 6.45) is 1.63. The molecule has 92 valence electrons. The fourth-order valence-corrected chi connectivity index (χ4v) is 3.19. The zero-order chi connectivity index (χ0) is 13.0. The molecule has 3 nitrogen and oxygen atoms in total. The van der Waals surface area contributed by atoms with Gasteiger partial charge >= 0.3 is 0 Å². The second kappa shape index (κ2) is 6.44. The van der Waals surface area contributed by atoms with Crippen LogP contribution in [-0.2, 0) is 0 Å². The van der Waals surface area contributed by atoms with Crippen LogP contribution in [0, 0.1) is 3.57 Å². The summed E-state index contributed by atoms with van der Waals surface area (Å²) in [6, 6.07) is 11.2. The minimum Gasteiger partial charge on any atom is -0.267 e. The van der Waals surface area contributed by atoms with Crippen molar-refractivity contribution in [2.75, 3.05) is 0 Å². The predicted octanol–water partition coefficient (Wildman–Crippen LogP) is 3.88. The van der Waals surface area contributed by atoms with Gasteiger partial charge in [-0.15, -0.1) is 11.3 Å². The number of halogens is 2. The van der Waals surface area contributed by atoms with Crippen LogP contribution in [0.5, 0.6) is 0 Å². The Kier molecular flexibility index (Phi) is 4.90. The summed E-state index contributed by atoms with van der Waals surface area (Å²) < 4.78 is 1.94. The monoisotopic (exact) mass is 434 g/mol. The Morgan fingerprint density at radius 1 is 1.33 bits per heavy atom. The van der Waals surface area contributed by atoms with Crippen molar-refractivity contribution in [2.45, 2.75) is 0 Å². The van der Waals surface area contributed by atoms with E-state index < -0.39 is 0 Å². The highest BCUT2D eigenvalue weighted by molar-refractivity contribution is 14.1. The molecule has 0 aliphatic carbocycles. The van der Waals surface area contributed by atoms with Crippen molar-refractivity contribution in [3.05, 3.63) is 54.2 Å². The number of carbonyl (C=O) groups excluding carboxylic acids is 1. The quantitative estimate of drug-likeness (QED) is 0.444. The van der Waals surface area contributed by atoms with Gasteiger partial charge in [-0.3, -0.25) is 4.79 Å². The molecule has 0 atom stereocenters. The van der Waals surface area contributed by atoms with Crippen molar-refractivity contribution >= 4 is 62.0 Å². The number of nitrogens with zero attached hydrogens (tertiary/aromatic N) is 1. The lowest BCUT2D eigenvalue weighted by Gasteiger charge is -2.01. The van der Waals surface area contributed by atoms with Gasteiger partial charge in [0.25, 0.3) is 5.91 Å².